The van der Waals surface area contributed by atoms with Crippen molar-refractivity contribution in [3.8, 4) is 6.07 Å². The van der Waals surface area contributed by atoms with Crippen LogP contribution in [-0.2, 0) is 4.79 Å². The highest BCUT2D eigenvalue weighted by Gasteiger charge is 2.18. The van der Waals surface area contributed by atoms with Crippen LogP contribution in [0.5, 0.6) is 0 Å². The number of nitriles is 1. The maximum absolute atomic E-state index is 13.1. The summed E-state index contributed by atoms with van der Waals surface area (Å²) in [6.07, 6.45) is -0.391. The average Bonchev–Trinajstić information content (AvgIpc) is 2.21. The van der Waals surface area contributed by atoms with Crippen molar-refractivity contribution in [3.63, 3.8) is 0 Å². The first kappa shape index (κ1) is 13.1. The number of halogens is 2. The van der Waals surface area contributed by atoms with Crippen molar-refractivity contribution >= 4 is 33.2 Å². The molecule has 0 aromatic heterocycles. The first-order valence-electron chi connectivity index (χ1n) is 4.26. The third-order valence-electron chi connectivity index (χ3n) is 1.75. The van der Waals surface area contributed by atoms with Gasteiger partial charge in [-0.2, -0.15) is 9.65 Å². The van der Waals surface area contributed by atoms with Crippen molar-refractivity contribution in [1.82, 2.24) is 0 Å². The highest BCUT2D eigenvalue weighted by atomic mass is 79.9. The van der Waals surface area contributed by atoms with Crippen molar-refractivity contribution in [1.29, 1.82) is 5.26 Å². The van der Waals surface area contributed by atoms with E-state index in [0.29, 0.717) is 0 Å². The van der Waals surface area contributed by atoms with Crippen LogP contribution in [0.2, 0.25) is 0 Å². The number of nitro groups is 1. The molecule has 0 atom stereocenters. The maximum atomic E-state index is 13.1. The molecule has 0 radical (unpaired) electrons. The Bertz CT molecular complexity index is 527. The number of benzene rings is 1. The van der Waals surface area contributed by atoms with Gasteiger partial charge in [0.15, 0.2) is 0 Å². The second-order valence-electron chi connectivity index (χ2n) is 2.92. The molecule has 0 fully saturated rings. The van der Waals surface area contributed by atoms with Crippen molar-refractivity contribution < 1.29 is 14.1 Å². The van der Waals surface area contributed by atoms with Crippen molar-refractivity contribution in [2.45, 2.75) is 6.42 Å². The fourth-order valence-electron chi connectivity index (χ4n) is 1.04. The van der Waals surface area contributed by atoms with Crippen LogP contribution >= 0.6 is 15.9 Å². The normalized spacial score (nSPS) is 9.47. The monoisotopic (exact) mass is 301 g/mol. The Morgan fingerprint density at radius 2 is 2.29 bits per heavy atom. The Hall–Kier alpha value is -2.01. The van der Waals surface area contributed by atoms with Crippen LogP contribution in [0.1, 0.15) is 6.42 Å². The Balaban J connectivity index is 3.09. The molecule has 1 amide bonds. The summed E-state index contributed by atoms with van der Waals surface area (Å²) < 4.78 is 13.3. The molecule has 0 saturated carbocycles. The Morgan fingerprint density at radius 3 is 2.82 bits per heavy atom. The van der Waals surface area contributed by atoms with E-state index in [1.54, 1.807) is 6.07 Å². The summed E-state index contributed by atoms with van der Waals surface area (Å²) in [4.78, 5) is 20.7. The van der Waals surface area contributed by atoms with E-state index in [2.05, 4.69) is 21.2 Å². The zero-order valence-corrected chi connectivity index (χ0v) is 9.82. The number of anilines is 1. The van der Waals surface area contributed by atoms with Crippen LogP contribution in [0.25, 0.3) is 0 Å². The molecule has 8 heteroatoms. The van der Waals surface area contributed by atoms with Gasteiger partial charge < -0.3 is 5.32 Å². The molecule has 0 saturated heterocycles. The highest BCUT2D eigenvalue weighted by Crippen LogP contribution is 2.30. The fraction of sp³-hybridized carbons (Fsp3) is 0.111. The lowest BCUT2D eigenvalue weighted by atomic mass is 10.2. The van der Waals surface area contributed by atoms with Gasteiger partial charge in [0, 0.05) is 10.5 Å². The Morgan fingerprint density at radius 1 is 1.65 bits per heavy atom. The quantitative estimate of drug-likeness (QED) is 0.684. The van der Waals surface area contributed by atoms with Crippen LogP contribution in [0.4, 0.5) is 15.8 Å². The molecule has 0 aliphatic carbocycles. The molecule has 1 N–H and O–H groups in total. The highest BCUT2D eigenvalue weighted by molar-refractivity contribution is 9.10. The first-order chi connectivity index (χ1) is 7.95. The molecule has 88 valence electrons. The van der Waals surface area contributed by atoms with Gasteiger partial charge in [0.2, 0.25) is 11.7 Å². The Kier molecular flexibility index (Phi) is 4.12. The summed E-state index contributed by atoms with van der Waals surface area (Å²) in [5, 5.41) is 21.0. The SMILES string of the molecule is N#CCC(=O)Nc1cc([N+](=O)[O-])c(F)cc1Br. The molecule has 1 aromatic rings. The predicted molar refractivity (Wildman–Crippen MR) is 59.6 cm³/mol. The number of carbonyl (C=O) groups is 1. The van der Waals surface area contributed by atoms with Gasteiger partial charge in [-0.1, -0.05) is 0 Å². The molecule has 0 aliphatic rings. The van der Waals surface area contributed by atoms with Gasteiger partial charge in [-0.3, -0.25) is 14.9 Å². The summed E-state index contributed by atoms with van der Waals surface area (Å²) in [6.45, 7) is 0. The molecule has 0 heterocycles. The largest absolute Gasteiger partial charge is 0.324 e. The molecule has 0 unspecified atom stereocenters. The van der Waals surface area contributed by atoms with Gasteiger partial charge in [-0.25, -0.2) is 0 Å². The summed E-state index contributed by atoms with van der Waals surface area (Å²) in [7, 11) is 0. The maximum Gasteiger partial charge on any atom is 0.306 e. The van der Waals surface area contributed by atoms with Crippen molar-refractivity contribution in [2.75, 3.05) is 5.32 Å². The van der Waals surface area contributed by atoms with E-state index in [-0.39, 0.29) is 10.2 Å². The van der Waals surface area contributed by atoms with Gasteiger partial charge in [0.05, 0.1) is 16.7 Å². The Labute approximate surface area is 103 Å². The van der Waals surface area contributed by atoms with Crippen LogP contribution < -0.4 is 5.32 Å². The van der Waals surface area contributed by atoms with Gasteiger partial charge in [0.1, 0.15) is 6.42 Å². The fourth-order valence-corrected chi connectivity index (χ4v) is 1.45. The summed E-state index contributed by atoms with van der Waals surface area (Å²) in [5.41, 5.74) is -0.709. The molecule has 1 aromatic carbocycles. The smallest absolute Gasteiger partial charge is 0.306 e. The standard InChI is InChI=1S/C9H5BrFN3O3/c10-5-3-6(11)8(14(16)17)4-7(5)13-9(15)1-2-12/h3-4H,1H2,(H,13,15). The van der Waals surface area contributed by atoms with Gasteiger partial charge in [-0.15, -0.1) is 0 Å². The molecule has 0 aliphatic heterocycles. The minimum atomic E-state index is -1.01. The molecule has 17 heavy (non-hydrogen) atoms. The van der Waals surface area contributed by atoms with E-state index in [0.717, 1.165) is 12.1 Å². The van der Waals surface area contributed by atoms with Gasteiger partial charge in [0.25, 0.3) is 0 Å². The summed E-state index contributed by atoms with van der Waals surface area (Å²) >= 11 is 2.95. The first-order valence-corrected chi connectivity index (χ1v) is 5.05. The molecular weight excluding hydrogens is 297 g/mol. The number of nitrogens with one attached hydrogen (secondary N) is 1. The summed E-state index contributed by atoms with van der Waals surface area (Å²) in [6, 6.07) is 3.38. The number of nitro benzene ring substituents is 1. The predicted octanol–water partition coefficient (Wildman–Crippen LogP) is 2.35. The zero-order chi connectivity index (χ0) is 13.0. The lowest BCUT2D eigenvalue weighted by molar-refractivity contribution is -0.387. The van der Waals surface area contributed by atoms with Crippen molar-refractivity contribution in [3.05, 3.63) is 32.5 Å². The minimum absolute atomic E-state index is 0.0401. The number of nitrogens with zero attached hydrogens (tertiary/aromatic N) is 2. The molecular formula is C9H5BrFN3O3. The zero-order valence-electron chi connectivity index (χ0n) is 8.24. The van der Waals surface area contributed by atoms with E-state index >= 15 is 0 Å². The third-order valence-corrected chi connectivity index (χ3v) is 2.40. The van der Waals surface area contributed by atoms with Gasteiger partial charge >= 0.3 is 5.69 Å². The third kappa shape index (κ3) is 3.22. The van der Waals surface area contributed by atoms with Gasteiger partial charge in [-0.05, 0) is 22.0 Å². The number of carbonyl (C=O) groups excluding carboxylic acids is 1. The average molecular weight is 302 g/mol. The minimum Gasteiger partial charge on any atom is -0.324 e. The second kappa shape index (κ2) is 5.36. The number of amides is 1. The van der Waals surface area contributed by atoms with Crippen molar-refractivity contribution in [2.24, 2.45) is 0 Å². The lowest BCUT2D eigenvalue weighted by Gasteiger charge is -2.05. The van der Waals surface area contributed by atoms with E-state index in [1.165, 1.54) is 0 Å². The molecule has 0 bridgehead atoms. The molecule has 1 rings (SSSR count). The summed E-state index contributed by atoms with van der Waals surface area (Å²) in [5.74, 6) is -1.64. The number of hydrogen-bond donors (Lipinski definition) is 1. The molecule has 6 nitrogen and oxygen atoms in total. The topological polar surface area (TPSA) is 96.0 Å². The van der Waals surface area contributed by atoms with E-state index < -0.39 is 28.8 Å². The van der Waals surface area contributed by atoms with E-state index in [4.69, 9.17) is 5.26 Å². The second-order valence-corrected chi connectivity index (χ2v) is 3.78. The van der Waals surface area contributed by atoms with Crippen LogP contribution in [0, 0.1) is 27.3 Å². The number of rotatable bonds is 3. The van der Waals surface area contributed by atoms with Crippen LogP contribution in [0.15, 0.2) is 16.6 Å². The van der Waals surface area contributed by atoms with E-state index in [1.807, 2.05) is 0 Å². The van der Waals surface area contributed by atoms with E-state index in [9.17, 15) is 19.3 Å². The number of hydrogen-bond acceptors (Lipinski definition) is 4. The lowest BCUT2D eigenvalue weighted by Crippen LogP contribution is -2.11. The van der Waals surface area contributed by atoms with Crippen LogP contribution in [0.3, 0.4) is 0 Å². The molecule has 0 spiro atoms. The van der Waals surface area contributed by atoms with Crippen LogP contribution in [-0.4, -0.2) is 10.8 Å².